The molecule has 0 aromatic carbocycles. The quantitative estimate of drug-likeness (QED) is 0.787. The number of aromatic nitrogens is 3. The van der Waals surface area contributed by atoms with Crippen LogP contribution in [-0.2, 0) is 11.8 Å². The zero-order chi connectivity index (χ0) is 9.68. The second-order valence-electron chi connectivity index (χ2n) is 2.29. The van der Waals surface area contributed by atoms with Crippen molar-refractivity contribution in [3.8, 4) is 0 Å². The zero-order valence-electron chi connectivity index (χ0n) is 7.22. The van der Waals surface area contributed by atoms with Gasteiger partial charge in [0.25, 0.3) is 0 Å². The highest BCUT2D eigenvalue weighted by atomic mass is 35.5. The Kier molecular flexibility index (Phi) is 4.18. The van der Waals surface area contributed by atoms with Gasteiger partial charge in [-0.25, -0.2) is 4.98 Å². The van der Waals surface area contributed by atoms with Crippen LogP contribution in [-0.4, -0.2) is 21.5 Å². The number of rotatable bonds is 4. The molecule has 4 nitrogen and oxygen atoms in total. The van der Waals surface area contributed by atoms with Crippen LogP contribution < -0.4 is 5.32 Å². The molecule has 0 aliphatic rings. The van der Waals surface area contributed by atoms with Crippen LogP contribution in [0.25, 0.3) is 0 Å². The number of hydrogen-bond acceptors (Lipinski definition) is 4. The molecule has 0 atom stereocenters. The minimum Gasteiger partial charge on any atom is -0.354 e. The molecule has 0 unspecified atom stereocenters. The Morgan fingerprint density at radius 3 is 2.00 bits per heavy atom. The number of anilines is 1. The van der Waals surface area contributed by atoms with Gasteiger partial charge in [0.05, 0.1) is 11.8 Å². The van der Waals surface area contributed by atoms with Crippen molar-refractivity contribution in [3.05, 3.63) is 11.6 Å². The van der Waals surface area contributed by atoms with Gasteiger partial charge in [0.15, 0.2) is 0 Å². The van der Waals surface area contributed by atoms with E-state index in [2.05, 4.69) is 20.3 Å². The molecule has 1 heterocycles. The van der Waals surface area contributed by atoms with E-state index >= 15 is 0 Å². The lowest BCUT2D eigenvalue weighted by atomic mass is 10.6. The largest absolute Gasteiger partial charge is 0.354 e. The van der Waals surface area contributed by atoms with Crippen LogP contribution >= 0.6 is 23.2 Å². The molecule has 0 saturated heterocycles. The molecule has 0 amide bonds. The fraction of sp³-hybridized carbons (Fsp3) is 0.571. The monoisotopic (exact) mass is 220 g/mol. The molecule has 0 spiro atoms. The SMILES string of the molecule is CCNc1nc(CCl)nc(CCl)n1. The van der Waals surface area contributed by atoms with E-state index in [4.69, 9.17) is 23.2 Å². The van der Waals surface area contributed by atoms with Crippen LogP contribution in [0.5, 0.6) is 0 Å². The number of nitrogens with one attached hydrogen (secondary N) is 1. The van der Waals surface area contributed by atoms with E-state index in [0.29, 0.717) is 17.6 Å². The highest BCUT2D eigenvalue weighted by molar-refractivity contribution is 6.17. The van der Waals surface area contributed by atoms with Crippen molar-refractivity contribution in [3.63, 3.8) is 0 Å². The van der Waals surface area contributed by atoms with Gasteiger partial charge in [-0.05, 0) is 6.92 Å². The van der Waals surface area contributed by atoms with Gasteiger partial charge in [-0.3, -0.25) is 0 Å². The van der Waals surface area contributed by atoms with Crippen LogP contribution in [0.3, 0.4) is 0 Å². The van der Waals surface area contributed by atoms with Crippen LogP contribution in [0.2, 0.25) is 0 Å². The first kappa shape index (κ1) is 10.5. The number of halogens is 2. The Hall–Kier alpha value is -0.610. The molecule has 1 rings (SSSR count). The van der Waals surface area contributed by atoms with Crippen LogP contribution in [0.15, 0.2) is 0 Å². The molecule has 72 valence electrons. The minimum absolute atomic E-state index is 0.269. The first-order valence-corrected chi connectivity index (χ1v) is 4.96. The third-order valence-electron chi connectivity index (χ3n) is 1.30. The first-order chi connectivity index (χ1) is 6.30. The van der Waals surface area contributed by atoms with Crippen molar-refractivity contribution in [1.82, 2.24) is 15.0 Å². The van der Waals surface area contributed by atoms with E-state index in [9.17, 15) is 0 Å². The minimum atomic E-state index is 0.269. The first-order valence-electron chi connectivity index (χ1n) is 3.89. The van der Waals surface area contributed by atoms with Gasteiger partial charge in [0.2, 0.25) is 5.95 Å². The van der Waals surface area contributed by atoms with Gasteiger partial charge >= 0.3 is 0 Å². The van der Waals surface area contributed by atoms with Crippen LogP contribution in [0.4, 0.5) is 5.95 Å². The van der Waals surface area contributed by atoms with Crippen molar-refractivity contribution >= 4 is 29.2 Å². The van der Waals surface area contributed by atoms with Crippen molar-refractivity contribution in [2.24, 2.45) is 0 Å². The van der Waals surface area contributed by atoms with Crippen LogP contribution in [0, 0.1) is 0 Å². The molecular weight excluding hydrogens is 211 g/mol. The molecule has 6 heteroatoms. The molecule has 1 N–H and O–H groups in total. The highest BCUT2D eigenvalue weighted by Crippen LogP contribution is 2.05. The predicted octanol–water partition coefficient (Wildman–Crippen LogP) is 1.78. The summed E-state index contributed by atoms with van der Waals surface area (Å²) in [5.41, 5.74) is 0. The highest BCUT2D eigenvalue weighted by Gasteiger charge is 2.03. The fourth-order valence-electron chi connectivity index (χ4n) is 0.825. The third kappa shape index (κ3) is 2.97. The fourth-order valence-corrected chi connectivity index (χ4v) is 1.06. The molecule has 0 bridgehead atoms. The van der Waals surface area contributed by atoms with Gasteiger partial charge in [0, 0.05) is 6.54 Å². The maximum absolute atomic E-state index is 5.60. The Balaban J connectivity index is 2.93. The van der Waals surface area contributed by atoms with Gasteiger partial charge in [0.1, 0.15) is 11.6 Å². The smallest absolute Gasteiger partial charge is 0.226 e. The van der Waals surface area contributed by atoms with E-state index < -0.39 is 0 Å². The van der Waals surface area contributed by atoms with Crippen molar-refractivity contribution in [2.45, 2.75) is 18.7 Å². The van der Waals surface area contributed by atoms with E-state index in [1.165, 1.54) is 0 Å². The molecule has 0 fully saturated rings. The standard InChI is InChI=1S/C7H10Cl2N4/c1-2-10-7-12-5(3-8)11-6(4-9)13-7/h2-4H2,1H3,(H,10,11,12,13). The van der Waals surface area contributed by atoms with Crippen LogP contribution in [0.1, 0.15) is 18.6 Å². The van der Waals surface area contributed by atoms with Crippen molar-refractivity contribution < 1.29 is 0 Å². The van der Waals surface area contributed by atoms with Crippen molar-refractivity contribution in [1.29, 1.82) is 0 Å². The van der Waals surface area contributed by atoms with Crippen molar-refractivity contribution in [2.75, 3.05) is 11.9 Å². The Morgan fingerprint density at radius 2 is 1.62 bits per heavy atom. The summed E-state index contributed by atoms with van der Waals surface area (Å²) in [7, 11) is 0. The number of alkyl halides is 2. The summed E-state index contributed by atoms with van der Waals surface area (Å²) in [5.74, 6) is 2.16. The maximum Gasteiger partial charge on any atom is 0.226 e. The lowest BCUT2D eigenvalue weighted by molar-refractivity contribution is 0.894. The summed E-state index contributed by atoms with van der Waals surface area (Å²) in [5, 5.41) is 2.98. The van der Waals surface area contributed by atoms with E-state index in [-0.39, 0.29) is 11.8 Å². The summed E-state index contributed by atoms with van der Waals surface area (Å²) in [6.45, 7) is 2.72. The average Bonchev–Trinajstić information content (AvgIpc) is 2.17. The molecule has 1 aromatic rings. The van der Waals surface area contributed by atoms with Gasteiger partial charge in [-0.2, -0.15) is 9.97 Å². The summed E-state index contributed by atoms with van der Waals surface area (Å²) in [4.78, 5) is 12.2. The Bertz CT molecular complexity index is 257. The zero-order valence-corrected chi connectivity index (χ0v) is 8.73. The lowest BCUT2D eigenvalue weighted by Gasteiger charge is -2.03. The average molecular weight is 221 g/mol. The summed E-state index contributed by atoms with van der Waals surface area (Å²) in [6.07, 6.45) is 0. The van der Waals surface area contributed by atoms with E-state index in [1.54, 1.807) is 0 Å². The lowest BCUT2D eigenvalue weighted by Crippen LogP contribution is -2.08. The molecule has 0 aliphatic carbocycles. The number of nitrogens with zero attached hydrogens (tertiary/aromatic N) is 3. The molecule has 0 saturated carbocycles. The second-order valence-corrected chi connectivity index (χ2v) is 2.82. The molecular formula is C7H10Cl2N4. The summed E-state index contributed by atoms with van der Waals surface area (Å²) in [6, 6.07) is 0. The Labute approximate surface area is 86.7 Å². The topological polar surface area (TPSA) is 50.7 Å². The van der Waals surface area contributed by atoms with Gasteiger partial charge < -0.3 is 5.32 Å². The van der Waals surface area contributed by atoms with E-state index in [0.717, 1.165) is 6.54 Å². The molecule has 0 aliphatic heterocycles. The summed E-state index contributed by atoms with van der Waals surface area (Å²) >= 11 is 11.2. The Morgan fingerprint density at radius 1 is 1.08 bits per heavy atom. The molecule has 13 heavy (non-hydrogen) atoms. The number of hydrogen-bond donors (Lipinski definition) is 1. The van der Waals surface area contributed by atoms with E-state index in [1.807, 2.05) is 6.92 Å². The molecule has 1 aromatic heterocycles. The molecule has 0 radical (unpaired) electrons. The third-order valence-corrected chi connectivity index (χ3v) is 1.78. The predicted molar refractivity (Wildman–Crippen MR) is 53.1 cm³/mol. The maximum atomic E-state index is 5.60. The van der Waals surface area contributed by atoms with Gasteiger partial charge in [-0.15, -0.1) is 23.2 Å². The second kappa shape index (κ2) is 5.19. The summed E-state index contributed by atoms with van der Waals surface area (Å²) < 4.78 is 0. The van der Waals surface area contributed by atoms with Gasteiger partial charge in [-0.1, -0.05) is 0 Å². The normalized spacial score (nSPS) is 10.1.